The van der Waals surface area contributed by atoms with Gasteiger partial charge in [0.25, 0.3) is 5.56 Å². The smallest absolute Gasteiger partial charge is 0.255 e. The molecule has 4 heteroatoms. The van der Waals surface area contributed by atoms with E-state index in [2.05, 4.69) is 0 Å². The Hall–Kier alpha value is -1.86. The Bertz CT molecular complexity index is 620. The molecule has 0 N–H and O–H groups in total. The first-order chi connectivity index (χ1) is 8.77. The van der Waals surface area contributed by atoms with Crippen LogP contribution < -0.4 is 5.56 Å². The Morgan fingerprint density at radius 2 is 2.22 bits per heavy atom. The molecule has 0 saturated heterocycles. The lowest BCUT2D eigenvalue weighted by Crippen LogP contribution is -2.24. The lowest BCUT2D eigenvalue weighted by molar-refractivity contribution is 0.656. The molecule has 0 spiro atoms. The molecule has 0 aromatic carbocycles. The van der Waals surface area contributed by atoms with Crippen molar-refractivity contribution in [1.29, 1.82) is 5.26 Å². The summed E-state index contributed by atoms with van der Waals surface area (Å²) in [6, 6.07) is 9.73. The van der Waals surface area contributed by atoms with E-state index in [9.17, 15) is 4.79 Å². The molecule has 0 unspecified atom stereocenters. The number of aromatic nitrogens is 1. The monoisotopic (exact) mass is 258 g/mol. The highest BCUT2D eigenvalue weighted by Gasteiger charge is 2.10. The van der Waals surface area contributed by atoms with Crippen molar-refractivity contribution in [3.8, 4) is 16.6 Å². The average molecular weight is 258 g/mol. The van der Waals surface area contributed by atoms with E-state index < -0.39 is 0 Å². The van der Waals surface area contributed by atoms with Crippen molar-refractivity contribution in [3.05, 3.63) is 45.6 Å². The van der Waals surface area contributed by atoms with Crippen LogP contribution in [0.5, 0.6) is 0 Å². The first kappa shape index (κ1) is 12.6. The minimum atomic E-state index is -0.0377. The summed E-state index contributed by atoms with van der Waals surface area (Å²) in [5, 5.41) is 10.7. The van der Waals surface area contributed by atoms with E-state index in [1.165, 1.54) is 0 Å². The van der Waals surface area contributed by atoms with Gasteiger partial charge in [-0.15, -0.1) is 11.3 Å². The molecule has 2 aromatic rings. The van der Waals surface area contributed by atoms with Crippen LogP contribution in [-0.2, 0) is 13.0 Å². The third-order valence-electron chi connectivity index (χ3n) is 2.74. The molecule has 0 bridgehead atoms. The molecule has 0 aliphatic rings. The van der Waals surface area contributed by atoms with Crippen molar-refractivity contribution in [2.24, 2.45) is 0 Å². The van der Waals surface area contributed by atoms with E-state index in [4.69, 9.17) is 5.26 Å². The standard InChI is InChI=1S/C14H14N2OS/c1-2-9-16-12(13-4-3-10-18-13)6-5-11(7-8-15)14(16)17/h3-6,10H,2,7,9H2,1H3. The lowest BCUT2D eigenvalue weighted by atomic mass is 10.1. The quantitative estimate of drug-likeness (QED) is 0.846. The number of nitrogens with zero attached hydrogens (tertiary/aromatic N) is 2. The van der Waals surface area contributed by atoms with Gasteiger partial charge in [0, 0.05) is 12.1 Å². The van der Waals surface area contributed by atoms with Gasteiger partial charge < -0.3 is 4.57 Å². The van der Waals surface area contributed by atoms with Crippen molar-refractivity contribution in [1.82, 2.24) is 4.57 Å². The summed E-state index contributed by atoms with van der Waals surface area (Å²) < 4.78 is 1.78. The van der Waals surface area contributed by atoms with Gasteiger partial charge in [0.2, 0.25) is 0 Å². The molecular weight excluding hydrogens is 244 g/mol. The van der Waals surface area contributed by atoms with Gasteiger partial charge in [0.1, 0.15) is 0 Å². The molecule has 92 valence electrons. The Morgan fingerprint density at radius 1 is 1.39 bits per heavy atom. The number of pyridine rings is 1. The zero-order chi connectivity index (χ0) is 13.0. The van der Waals surface area contributed by atoms with Crippen LogP contribution in [0.3, 0.4) is 0 Å². The predicted molar refractivity (Wildman–Crippen MR) is 73.6 cm³/mol. The molecule has 0 atom stereocenters. The third kappa shape index (κ3) is 2.36. The van der Waals surface area contributed by atoms with Crippen LogP contribution >= 0.6 is 11.3 Å². The fourth-order valence-corrected chi connectivity index (χ4v) is 2.69. The fourth-order valence-electron chi connectivity index (χ4n) is 1.93. The van der Waals surface area contributed by atoms with Gasteiger partial charge in [0.15, 0.2) is 0 Å². The molecule has 2 heterocycles. The van der Waals surface area contributed by atoms with Crippen LogP contribution in [0.15, 0.2) is 34.4 Å². The Kier molecular flexibility index (Phi) is 3.96. The summed E-state index contributed by atoms with van der Waals surface area (Å²) >= 11 is 1.62. The molecular formula is C14H14N2OS. The van der Waals surface area contributed by atoms with E-state index >= 15 is 0 Å². The van der Waals surface area contributed by atoms with Gasteiger partial charge in [-0.2, -0.15) is 5.26 Å². The van der Waals surface area contributed by atoms with Crippen molar-refractivity contribution in [2.45, 2.75) is 26.3 Å². The third-order valence-corrected chi connectivity index (χ3v) is 3.64. The van der Waals surface area contributed by atoms with Crippen molar-refractivity contribution in [2.75, 3.05) is 0 Å². The predicted octanol–water partition coefficient (Wildman–Crippen LogP) is 3.05. The largest absolute Gasteiger partial charge is 0.307 e. The molecule has 0 saturated carbocycles. The topological polar surface area (TPSA) is 45.8 Å². The molecule has 2 aromatic heterocycles. The average Bonchev–Trinajstić information content (AvgIpc) is 2.88. The molecule has 0 radical (unpaired) electrons. The molecule has 0 aliphatic heterocycles. The maximum absolute atomic E-state index is 12.3. The number of rotatable bonds is 4. The van der Waals surface area contributed by atoms with E-state index in [1.54, 1.807) is 22.0 Å². The van der Waals surface area contributed by atoms with Crippen molar-refractivity contribution < 1.29 is 0 Å². The second-order valence-corrected chi connectivity index (χ2v) is 4.96. The van der Waals surface area contributed by atoms with Gasteiger partial charge in [-0.3, -0.25) is 4.79 Å². The zero-order valence-electron chi connectivity index (χ0n) is 10.2. The van der Waals surface area contributed by atoms with Crippen LogP contribution in [0.1, 0.15) is 18.9 Å². The van der Waals surface area contributed by atoms with Crippen molar-refractivity contribution >= 4 is 11.3 Å². The Balaban J connectivity index is 2.58. The number of hydrogen-bond donors (Lipinski definition) is 0. The Morgan fingerprint density at radius 3 is 2.83 bits per heavy atom. The summed E-state index contributed by atoms with van der Waals surface area (Å²) in [6.07, 6.45) is 1.07. The first-order valence-electron chi connectivity index (χ1n) is 5.91. The molecule has 3 nitrogen and oxygen atoms in total. The maximum Gasteiger partial charge on any atom is 0.255 e. The van der Waals surface area contributed by atoms with Gasteiger partial charge in [-0.05, 0) is 23.9 Å². The highest BCUT2D eigenvalue weighted by Crippen LogP contribution is 2.24. The van der Waals surface area contributed by atoms with Crippen LogP contribution in [0.25, 0.3) is 10.6 Å². The lowest BCUT2D eigenvalue weighted by Gasteiger charge is -2.11. The van der Waals surface area contributed by atoms with Crippen LogP contribution in [0.4, 0.5) is 0 Å². The van der Waals surface area contributed by atoms with Crippen LogP contribution in [0.2, 0.25) is 0 Å². The number of thiophene rings is 1. The Labute approximate surface area is 110 Å². The summed E-state index contributed by atoms with van der Waals surface area (Å²) in [5.74, 6) is 0. The number of hydrogen-bond acceptors (Lipinski definition) is 3. The van der Waals surface area contributed by atoms with Crippen LogP contribution in [0, 0.1) is 11.3 Å². The van der Waals surface area contributed by atoms with E-state index in [1.807, 2.05) is 36.6 Å². The van der Waals surface area contributed by atoms with E-state index in [-0.39, 0.29) is 12.0 Å². The second-order valence-electron chi connectivity index (χ2n) is 4.01. The minimum absolute atomic E-state index is 0.0377. The highest BCUT2D eigenvalue weighted by atomic mass is 32.1. The number of nitriles is 1. The molecule has 0 fully saturated rings. The summed E-state index contributed by atoms with van der Waals surface area (Å²) in [4.78, 5) is 13.4. The fraction of sp³-hybridized carbons (Fsp3) is 0.286. The highest BCUT2D eigenvalue weighted by molar-refractivity contribution is 7.13. The summed E-state index contributed by atoms with van der Waals surface area (Å²) in [6.45, 7) is 2.73. The molecule has 0 amide bonds. The second kappa shape index (κ2) is 5.65. The zero-order valence-corrected chi connectivity index (χ0v) is 11.0. The van der Waals surface area contributed by atoms with Gasteiger partial charge in [-0.1, -0.05) is 19.1 Å². The van der Waals surface area contributed by atoms with Gasteiger partial charge in [-0.25, -0.2) is 0 Å². The van der Waals surface area contributed by atoms with Crippen molar-refractivity contribution in [3.63, 3.8) is 0 Å². The first-order valence-corrected chi connectivity index (χ1v) is 6.79. The maximum atomic E-state index is 12.3. The van der Waals surface area contributed by atoms with E-state index in [0.29, 0.717) is 12.1 Å². The van der Waals surface area contributed by atoms with Gasteiger partial charge >= 0.3 is 0 Å². The SMILES string of the molecule is CCCn1c(-c2cccs2)ccc(CC#N)c1=O. The summed E-state index contributed by atoms with van der Waals surface area (Å²) in [5.41, 5.74) is 1.48. The van der Waals surface area contributed by atoms with Gasteiger partial charge in [0.05, 0.1) is 23.1 Å². The molecule has 18 heavy (non-hydrogen) atoms. The summed E-state index contributed by atoms with van der Waals surface area (Å²) in [7, 11) is 0. The molecule has 2 rings (SSSR count). The van der Waals surface area contributed by atoms with Crippen LogP contribution in [-0.4, -0.2) is 4.57 Å². The normalized spacial score (nSPS) is 10.2. The van der Waals surface area contributed by atoms with E-state index in [0.717, 1.165) is 17.0 Å². The molecule has 0 aliphatic carbocycles. The minimum Gasteiger partial charge on any atom is -0.307 e.